The van der Waals surface area contributed by atoms with Gasteiger partial charge in [-0.1, -0.05) is 0 Å². The second kappa shape index (κ2) is 4.26. The molecule has 0 aliphatic rings. The van der Waals surface area contributed by atoms with Crippen molar-refractivity contribution in [2.75, 3.05) is 5.73 Å². The van der Waals surface area contributed by atoms with Crippen molar-refractivity contribution in [2.45, 2.75) is 10.6 Å². The van der Waals surface area contributed by atoms with Gasteiger partial charge in [-0.05, 0) is 11.3 Å². The Morgan fingerprint density at radius 2 is 2.40 bits per heavy atom. The third-order valence-electron chi connectivity index (χ3n) is 1.72. The SMILES string of the molecule is Cn1nnc(CSc2ccncc2N)n1. The minimum atomic E-state index is 0.655. The molecule has 78 valence electrons. The zero-order valence-electron chi connectivity index (χ0n) is 8.16. The third-order valence-corrected chi connectivity index (χ3v) is 2.80. The second-order valence-corrected chi connectivity index (χ2v) is 3.91. The largest absolute Gasteiger partial charge is 0.397 e. The van der Waals surface area contributed by atoms with Gasteiger partial charge in [0.05, 0.1) is 24.7 Å². The van der Waals surface area contributed by atoms with Crippen LogP contribution in [0, 0.1) is 0 Å². The maximum absolute atomic E-state index is 5.74. The van der Waals surface area contributed by atoms with Gasteiger partial charge in [0.1, 0.15) is 0 Å². The van der Waals surface area contributed by atoms with E-state index in [2.05, 4.69) is 20.4 Å². The summed E-state index contributed by atoms with van der Waals surface area (Å²) >= 11 is 1.57. The fourth-order valence-corrected chi connectivity index (χ4v) is 1.83. The molecule has 0 aliphatic heterocycles. The number of aryl methyl sites for hydroxylation is 1. The summed E-state index contributed by atoms with van der Waals surface area (Å²) < 4.78 is 0. The van der Waals surface area contributed by atoms with E-state index < -0.39 is 0 Å². The Balaban J connectivity index is 2.02. The highest BCUT2D eigenvalue weighted by molar-refractivity contribution is 7.98. The summed E-state index contributed by atoms with van der Waals surface area (Å²) in [6.07, 6.45) is 3.34. The first-order valence-electron chi connectivity index (χ1n) is 4.31. The van der Waals surface area contributed by atoms with Crippen LogP contribution in [0.2, 0.25) is 0 Å². The molecule has 0 aliphatic carbocycles. The number of nitrogens with zero attached hydrogens (tertiary/aromatic N) is 5. The van der Waals surface area contributed by atoms with E-state index in [0.29, 0.717) is 17.3 Å². The van der Waals surface area contributed by atoms with Crippen LogP contribution in [0.15, 0.2) is 23.4 Å². The average Bonchev–Trinajstić information content (AvgIpc) is 2.63. The summed E-state index contributed by atoms with van der Waals surface area (Å²) in [7, 11) is 1.74. The van der Waals surface area contributed by atoms with Crippen LogP contribution in [0.25, 0.3) is 0 Å². The van der Waals surface area contributed by atoms with Gasteiger partial charge in [0.15, 0.2) is 5.82 Å². The third kappa shape index (κ3) is 2.44. The van der Waals surface area contributed by atoms with Gasteiger partial charge in [0.2, 0.25) is 0 Å². The van der Waals surface area contributed by atoms with E-state index in [-0.39, 0.29) is 0 Å². The summed E-state index contributed by atoms with van der Waals surface area (Å²) in [5.41, 5.74) is 6.42. The molecule has 0 radical (unpaired) electrons. The molecule has 2 rings (SSSR count). The minimum Gasteiger partial charge on any atom is -0.397 e. The second-order valence-electron chi connectivity index (χ2n) is 2.90. The molecule has 2 N–H and O–H groups in total. The van der Waals surface area contributed by atoms with E-state index in [0.717, 1.165) is 4.90 Å². The Hall–Kier alpha value is -1.63. The van der Waals surface area contributed by atoms with Crippen molar-refractivity contribution in [3.63, 3.8) is 0 Å². The number of nitrogen functional groups attached to an aromatic ring is 1. The first kappa shape index (κ1) is 9.91. The molecule has 2 aromatic heterocycles. The van der Waals surface area contributed by atoms with Crippen molar-refractivity contribution in [1.29, 1.82) is 0 Å². The van der Waals surface area contributed by atoms with Gasteiger partial charge >= 0.3 is 0 Å². The van der Waals surface area contributed by atoms with E-state index in [1.165, 1.54) is 4.80 Å². The average molecular weight is 222 g/mol. The van der Waals surface area contributed by atoms with Crippen molar-refractivity contribution in [3.05, 3.63) is 24.3 Å². The van der Waals surface area contributed by atoms with Crippen LogP contribution in [0.4, 0.5) is 5.69 Å². The number of pyridine rings is 1. The van der Waals surface area contributed by atoms with Gasteiger partial charge in [-0.15, -0.1) is 22.0 Å². The molecule has 7 heteroatoms. The van der Waals surface area contributed by atoms with Crippen LogP contribution >= 0.6 is 11.8 Å². The number of hydrogen-bond acceptors (Lipinski definition) is 6. The normalized spacial score (nSPS) is 10.5. The molecule has 0 amide bonds. The lowest BCUT2D eigenvalue weighted by atomic mass is 10.4. The fraction of sp³-hybridized carbons (Fsp3) is 0.250. The summed E-state index contributed by atoms with van der Waals surface area (Å²) in [6.45, 7) is 0. The number of thioether (sulfide) groups is 1. The molecule has 0 bridgehead atoms. The van der Waals surface area contributed by atoms with E-state index >= 15 is 0 Å². The van der Waals surface area contributed by atoms with E-state index in [4.69, 9.17) is 5.73 Å². The smallest absolute Gasteiger partial charge is 0.184 e. The highest BCUT2D eigenvalue weighted by Gasteiger charge is 2.03. The van der Waals surface area contributed by atoms with Crippen molar-refractivity contribution >= 4 is 17.4 Å². The molecule has 2 heterocycles. The highest BCUT2D eigenvalue weighted by Crippen LogP contribution is 2.25. The summed E-state index contributed by atoms with van der Waals surface area (Å²) in [5.74, 6) is 1.35. The van der Waals surface area contributed by atoms with Gasteiger partial charge in [-0.25, -0.2) is 0 Å². The number of aromatic nitrogens is 5. The summed E-state index contributed by atoms with van der Waals surface area (Å²) in [6, 6.07) is 1.87. The molecule has 2 aromatic rings. The van der Waals surface area contributed by atoms with Crippen LogP contribution in [-0.2, 0) is 12.8 Å². The summed E-state index contributed by atoms with van der Waals surface area (Å²) in [4.78, 5) is 6.34. The zero-order chi connectivity index (χ0) is 10.7. The van der Waals surface area contributed by atoms with Crippen LogP contribution < -0.4 is 5.73 Å². The lowest BCUT2D eigenvalue weighted by Gasteiger charge is -2.01. The standard InChI is InChI=1S/C8H10N6S/c1-14-12-8(11-13-14)5-15-7-2-3-10-4-6(7)9/h2-4H,5,9H2,1H3. The molecule has 0 aromatic carbocycles. The number of nitrogens with two attached hydrogens (primary N) is 1. The van der Waals surface area contributed by atoms with Crippen molar-refractivity contribution in [3.8, 4) is 0 Å². The molecule has 0 saturated carbocycles. The zero-order valence-corrected chi connectivity index (χ0v) is 8.98. The predicted molar refractivity (Wildman–Crippen MR) is 57.0 cm³/mol. The molecule has 0 unspecified atom stereocenters. The topological polar surface area (TPSA) is 82.5 Å². The van der Waals surface area contributed by atoms with Crippen LogP contribution in [0.1, 0.15) is 5.82 Å². The molecule has 0 fully saturated rings. The van der Waals surface area contributed by atoms with Crippen LogP contribution in [0.3, 0.4) is 0 Å². The molecular weight excluding hydrogens is 212 g/mol. The van der Waals surface area contributed by atoms with Gasteiger partial charge in [-0.2, -0.15) is 4.80 Å². The van der Waals surface area contributed by atoms with Crippen molar-refractivity contribution < 1.29 is 0 Å². The van der Waals surface area contributed by atoms with Crippen LogP contribution in [0.5, 0.6) is 0 Å². The molecule has 0 saturated heterocycles. The number of rotatable bonds is 3. The first-order valence-corrected chi connectivity index (χ1v) is 5.29. The highest BCUT2D eigenvalue weighted by atomic mass is 32.2. The monoisotopic (exact) mass is 222 g/mol. The van der Waals surface area contributed by atoms with E-state index in [9.17, 15) is 0 Å². The Morgan fingerprint density at radius 1 is 1.53 bits per heavy atom. The molecule has 15 heavy (non-hydrogen) atoms. The Kier molecular flexibility index (Phi) is 2.82. The van der Waals surface area contributed by atoms with Crippen molar-refractivity contribution in [2.24, 2.45) is 7.05 Å². The Morgan fingerprint density at radius 3 is 3.07 bits per heavy atom. The Labute approximate surface area is 90.9 Å². The lowest BCUT2D eigenvalue weighted by molar-refractivity contribution is 0.628. The predicted octanol–water partition coefficient (Wildman–Crippen LogP) is 0.480. The fourth-order valence-electron chi connectivity index (χ4n) is 1.05. The quantitative estimate of drug-likeness (QED) is 0.760. The Bertz CT molecular complexity index is 454. The maximum Gasteiger partial charge on any atom is 0.184 e. The van der Waals surface area contributed by atoms with Gasteiger partial charge in [0.25, 0.3) is 0 Å². The molecule has 6 nitrogen and oxygen atoms in total. The number of hydrogen-bond donors (Lipinski definition) is 1. The van der Waals surface area contributed by atoms with E-state index in [1.54, 1.807) is 31.2 Å². The van der Waals surface area contributed by atoms with E-state index in [1.807, 2.05) is 6.07 Å². The number of anilines is 1. The molecule has 0 atom stereocenters. The lowest BCUT2D eigenvalue weighted by Crippen LogP contribution is -1.93. The molecule has 0 spiro atoms. The van der Waals surface area contributed by atoms with Gasteiger partial charge in [-0.3, -0.25) is 4.98 Å². The molecular formula is C8H10N6S. The van der Waals surface area contributed by atoms with Crippen LogP contribution in [-0.4, -0.2) is 25.2 Å². The summed E-state index contributed by atoms with van der Waals surface area (Å²) in [5, 5.41) is 11.7. The number of tetrazole rings is 1. The van der Waals surface area contributed by atoms with Gasteiger partial charge < -0.3 is 5.73 Å². The maximum atomic E-state index is 5.74. The van der Waals surface area contributed by atoms with Gasteiger partial charge in [0, 0.05) is 11.1 Å². The minimum absolute atomic E-state index is 0.655. The first-order chi connectivity index (χ1) is 7.25. The van der Waals surface area contributed by atoms with Crippen molar-refractivity contribution in [1.82, 2.24) is 25.2 Å².